The zero-order valence-electron chi connectivity index (χ0n) is 26.2. The molecule has 1 unspecified atom stereocenters. The molecule has 1 atom stereocenters. The molecule has 0 spiro atoms. The van der Waals surface area contributed by atoms with Gasteiger partial charge in [0.05, 0.1) is 34.0 Å². The topological polar surface area (TPSA) is 97.7 Å². The monoisotopic (exact) mass is 577 g/mol. The number of esters is 1. The van der Waals surface area contributed by atoms with Crippen LogP contribution in [0.15, 0.2) is 12.2 Å². The predicted molar refractivity (Wildman–Crippen MR) is 161 cm³/mol. The van der Waals surface area contributed by atoms with Gasteiger partial charge in [0.2, 0.25) is 0 Å². The molecular formula is C28H59NO7Si2. The lowest BCUT2D eigenvalue weighted by atomic mass is 10.1. The molecule has 0 amide bonds. The van der Waals surface area contributed by atoms with Crippen LogP contribution < -0.4 is 0 Å². The van der Waals surface area contributed by atoms with Crippen LogP contribution in [0.3, 0.4) is 0 Å². The number of aliphatic hydroxyl groups is 2. The minimum Gasteiger partial charge on any atom is -0.460 e. The average molecular weight is 578 g/mol. The van der Waals surface area contributed by atoms with Gasteiger partial charge in [-0.15, -0.1) is 0 Å². The van der Waals surface area contributed by atoms with E-state index in [2.05, 4.69) is 60.5 Å². The molecule has 0 radical (unpaired) electrons. The average Bonchev–Trinajstić information content (AvgIpc) is 2.76. The SMILES string of the molecule is C=C(C)C(=O)OCCOCCCC(C)(C)[Si](C)(C)OC(C)(C)[Si](C)(C)CCCOCC(O)CN(C)CCO. The molecular weight excluding hydrogens is 518 g/mol. The van der Waals surface area contributed by atoms with Gasteiger partial charge >= 0.3 is 5.97 Å². The van der Waals surface area contributed by atoms with Crippen molar-refractivity contribution in [3.8, 4) is 0 Å². The molecule has 0 heterocycles. The summed E-state index contributed by atoms with van der Waals surface area (Å²) < 4.78 is 23.5. The maximum atomic E-state index is 11.4. The molecule has 0 aliphatic carbocycles. The van der Waals surface area contributed by atoms with E-state index in [1.807, 2.05) is 11.9 Å². The number of rotatable bonds is 22. The fourth-order valence-electron chi connectivity index (χ4n) is 4.06. The molecule has 8 nitrogen and oxygen atoms in total. The van der Waals surface area contributed by atoms with Crippen molar-refractivity contribution < 1.29 is 33.6 Å². The molecule has 0 fully saturated rings. The normalized spacial score (nSPS) is 14.1. The van der Waals surface area contributed by atoms with Crippen molar-refractivity contribution in [3.63, 3.8) is 0 Å². The molecule has 0 aromatic carbocycles. The van der Waals surface area contributed by atoms with Crippen molar-refractivity contribution in [2.45, 2.75) is 102 Å². The highest BCUT2D eigenvalue weighted by molar-refractivity contribution is 6.82. The zero-order chi connectivity index (χ0) is 29.6. The van der Waals surface area contributed by atoms with Crippen molar-refractivity contribution in [2.24, 2.45) is 0 Å². The second-order valence-corrected chi connectivity index (χ2v) is 22.9. The molecule has 226 valence electrons. The lowest BCUT2D eigenvalue weighted by molar-refractivity contribution is -0.140. The van der Waals surface area contributed by atoms with Gasteiger partial charge in [0.1, 0.15) is 6.61 Å². The zero-order valence-corrected chi connectivity index (χ0v) is 28.2. The standard InChI is InChI=1S/C28H59NO7Si2/c1-24(2)26(32)35-20-19-33-17-12-14-27(3,4)38(10,11)36-28(5,6)37(8,9)21-13-18-34-23-25(31)22-29(7)15-16-30/h25,30-31H,1,12-23H2,2-11H3. The summed E-state index contributed by atoms with van der Waals surface area (Å²) in [4.78, 5) is 13.3. The van der Waals surface area contributed by atoms with Crippen LogP contribution in [-0.4, -0.2) is 109 Å². The van der Waals surface area contributed by atoms with Crippen LogP contribution in [0.1, 0.15) is 53.9 Å². The number of likely N-dealkylation sites (N-methyl/N-ethyl adjacent to an activating group) is 1. The summed E-state index contributed by atoms with van der Waals surface area (Å²) in [5.74, 6) is -0.376. The maximum absolute atomic E-state index is 11.4. The summed E-state index contributed by atoms with van der Waals surface area (Å²) in [6, 6.07) is 1.09. The summed E-state index contributed by atoms with van der Waals surface area (Å²) >= 11 is 0. The first-order valence-electron chi connectivity index (χ1n) is 14.0. The Kier molecular flexibility index (Phi) is 17.0. The molecule has 10 heteroatoms. The van der Waals surface area contributed by atoms with E-state index in [-0.39, 0.29) is 29.4 Å². The second-order valence-electron chi connectivity index (χ2n) is 12.8. The van der Waals surface area contributed by atoms with Gasteiger partial charge < -0.3 is 33.7 Å². The molecule has 0 rings (SSSR count). The Bertz CT molecular complexity index is 699. The summed E-state index contributed by atoms with van der Waals surface area (Å²) in [5, 5.41) is 19.0. The fraction of sp³-hybridized carbons (Fsp3) is 0.893. The molecule has 0 bridgehead atoms. The van der Waals surface area contributed by atoms with Gasteiger partial charge in [0.25, 0.3) is 0 Å². The predicted octanol–water partition coefficient (Wildman–Crippen LogP) is 4.62. The Morgan fingerprint density at radius 3 is 2.18 bits per heavy atom. The first-order valence-corrected chi connectivity index (χ1v) is 20.2. The van der Waals surface area contributed by atoms with Gasteiger partial charge in [-0.1, -0.05) is 39.6 Å². The largest absolute Gasteiger partial charge is 0.460 e. The third-order valence-corrected chi connectivity index (χ3v) is 17.8. The molecule has 2 N–H and O–H groups in total. The Labute approximate surface area is 235 Å². The number of carbonyl (C=O) groups excluding carboxylic acids is 1. The number of nitrogens with zero attached hydrogens (tertiary/aromatic N) is 1. The summed E-state index contributed by atoms with van der Waals surface area (Å²) in [6.45, 7) is 27.2. The van der Waals surface area contributed by atoms with Gasteiger partial charge in [0.15, 0.2) is 8.32 Å². The third-order valence-electron chi connectivity index (χ3n) is 8.07. The van der Waals surface area contributed by atoms with Crippen LogP contribution in [-0.2, 0) is 23.4 Å². The molecule has 0 aromatic rings. The Morgan fingerprint density at radius 1 is 1.00 bits per heavy atom. The number of ether oxygens (including phenoxy) is 3. The molecule has 0 saturated carbocycles. The van der Waals surface area contributed by atoms with Gasteiger partial charge in [-0.25, -0.2) is 4.79 Å². The molecule has 0 aliphatic rings. The molecule has 0 saturated heterocycles. The lowest BCUT2D eigenvalue weighted by Crippen LogP contribution is -2.59. The van der Waals surface area contributed by atoms with Crippen molar-refractivity contribution in [1.82, 2.24) is 4.90 Å². The van der Waals surface area contributed by atoms with E-state index in [0.29, 0.717) is 45.1 Å². The number of hydrogen-bond acceptors (Lipinski definition) is 8. The van der Waals surface area contributed by atoms with Crippen LogP contribution in [0.4, 0.5) is 0 Å². The van der Waals surface area contributed by atoms with Crippen molar-refractivity contribution in [3.05, 3.63) is 12.2 Å². The molecule has 0 aliphatic heterocycles. The Morgan fingerprint density at radius 2 is 1.61 bits per heavy atom. The van der Waals surface area contributed by atoms with Crippen LogP contribution in [0, 0.1) is 0 Å². The lowest BCUT2D eigenvalue weighted by Gasteiger charge is -2.50. The highest BCUT2D eigenvalue weighted by atomic mass is 28.4. The first-order chi connectivity index (χ1) is 17.4. The molecule has 38 heavy (non-hydrogen) atoms. The Balaban J connectivity index is 4.55. The van der Waals surface area contributed by atoms with Crippen molar-refractivity contribution in [2.75, 3.05) is 59.8 Å². The van der Waals surface area contributed by atoms with E-state index >= 15 is 0 Å². The number of carbonyl (C=O) groups is 1. The summed E-state index contributed by atoms with van der Waals surface area (Å²) in [7, 11) is -1.92. The van der Waals surface area contributed by atoms with E-state index in [1.165, 1.54) is 0 Å². The summed E-state index contributed by atoms with van der Waals surface area (Å²) in [5.41, 5.74) is 0.399. The van der Waals surface area contributed by atoms with E-state index in [1.54, 1.807) is 6.92 Å². The van der Waals surface area contributed by atoms with Gasteiger partial charge in [-0.05, 0) is 65.2 Å². The highest BCUT2D eigenvalue weighted by Crippen LogP contribution is 2.45. The van der Waals surface area contributed by atoms with Crippen LogP contribution >= 0.6 is 0 Å². The van der Waals surface area contributed by atoms with Crippen LogP contribution in [0.25, 0.3) is 0 Å². The van der Waals surface area contributed by atoms with E-state index in [0.717, 1.165) is 25.3 Å². The van der Waals surface area contributed by atoms with E-state index in [9.17, 15) is 9.90 Å². The smallest absolute Gasteiger partial charge is 0.333 e. The van der Waals surface area contributed by atoms with E-state index < -0.39 is 22.5 Å². The fourth-order valence-corrected chi connectivity index (χ4v) is 9.89. The first kappa shape index (κ1) is 37.4. The van der Waals surface area contributed by atoms with Crippen molar-refractivity contribution in [1.29, 1.82) is 0 Å². The maximum Gasteiger partial charge on any atom is 0.333 e. The number of hydrogen-bond donors (Lipinski definition) is 2. The van der Waals surface area contributed by atoms with Gasteiger partial charge in [-0.3, -0.25) is 0 Å². The van der Waals surface area contributed by atoms with Crippen LogP contribution in [0.2, 0.25) is 37.3 Å². The minimum atomic E-state index is -2.06. The highest BCUT2D eigenvalue weighted by Gasteiger charge is 2.48. The number of aliphatic hydroxyl groups excluding tert-OH is 2. The van der Waals surface area contributed by atoms with Gasteiger partial charge in [0, 0.05) is 37.1 Å². The molecule has 0 aromatic heterocycles. The quantitative estimate of drug-likeness (QED) is 0.0833. The van der Waals surface area contributed by atoms with Crippen LogP contribution in [0.5, 0.6) is 0 Å². The van der Waals surface area contributed by atoms with Crippen molar-refractivity contribution >= 4 is 22.4 Å². The second kappa shape index (κ2) is 17.3. The van der Waals surface area contributed by atoms with E-state index in [4.69, 9.17) is 23.7 Å². The minimum absolute atomic E-state index is 0.0764. The third kappa shape index (κ3) is 14.2. The Hall–Kier alpha value is -0.596. The van der Waals surface area contributed by atoms with Gasteiger partial charge in [-0.2, -0.15) is 0 Å². The summed E-state index contributed by atoms with van der Waals surface area (Å²) in [6.07, 6.45) is 2.35.